The molecule has 1 unspecified atom stereocenters. The summed E-state index contributed by atoms with van der Waals surface area (Å²) in [6, 6.07) is 3.59. The summed E-state index contributed by atoms with van der Waals surface area (Å²) in [5.41, 5.74) is 0.833. The van der Waals surface area contributed by atoms with Crippen LogP contribution in [0.2, 0.25) is 5.02 Å². The second kappa shape index (κ2) is 5.77. The standard InChI is InChI=1S/C13H14ClNO3S/c1-7(16)11-6-15-13(19-11)8-4-9(14)12(18-3)10(5-8)17-2/h4-7,16H,1-3H3. The molecule has 0 aliphatic rings. The van der Waals surface area contributed by atoms with Gasteiger partial charge in [-0.15, -0.1) is 11.3 Å². The third-order valence-electron chi connectivity index (χ3n) is 2.62. The molecule has 102 valence electrons. The van der Waals surface area contributed by atoms with Crippen LogP contribution in [0.15, 0.2) is 18.3 Å². The molecule has 1 aromatic carbocycles. The number of hydrogen-bond donors (Lipinski definition) is 1. The van der Waals surface area contributed by atoms with Crippen LogP contribution in [0.4, 0.5) is 0 Å². The SMILES string of the molecule is COc1cc(-c2ncc(C(C)O)s2)cc(Cl)c1OC. The topological polar surface area (TPSA) is 51.6 Å². The number of rotatable bonds is 4. The van der Waals surface area contributed by atoms with Gasteiger partial charge in [-0.1, -0.05) is 11.6 Å². The van der Waals surface area contributed by atoms with E-state index in [1.165, 1.54) is 11.3 Å². The lowest BCUT2D eigenvalue weighted by Crippen LogP contribution is -1.92. The molecule has 6 heteroatoms. The molecule has 1 atom stereocenters. The predicted octanol–water partition coefficient (Wildman–Crippen LogP) is 3.53. The van der Waals surface area contributed by atoms with Gasteiger partial charge in [-0.05, 0) is 19.1 Å². The van der Waals surface area contributed by atoms with Crippen molar-refractivity contribution in [2.45, 2.75) is 13.0 Å². The van der Waals surface area contributed by atoms with Crippen LogP contribution < -0.4 is 9.47 Å². The summed E-state index contributed by atoms with van der Waals surface area (Å²) in [4.78, 5) is 5.09. The number of methoxy groups -OCH3 is 2. The average Bonchev–Trinajstić information content (AvgIpc) is 2.87. The molecule has 0 fully saturated rings. The van der Waals surface area contributed by atoms with Gasteiger partial charge in [-0.2, -0.15) is 0 Å². The number of ether oxygens (including phenoxy) is 2. The number of aromatic nitrogens is 1. The highest BCUT2D eigenvalue weighted by molar-refractivity contribution is 7.15. The highest BCUT2D eigenvalue weighted by Crippen LogP contribution is 2.40. The maximum atomic E-state index is 9.52. The van der Waals surface area contributed by atoms with Crippen LogP contribution in [0.3, 0.4) is 0 Å². The Morgan fingerprint density at radius 1 is 1.32 bits per heavy atom. The summed E-state index contributed by atoms with van der Waals surface area (Å²) in [5, 5.41) is 10.8. The van der Waals surface area contributed by atoms with E-state index >= 15 is 0 Å². The first-order valence-corrected chi connectivity index (χ1v) is 6.82. The Morgan fingerprint density at radius 2 is 2.05 bits per heavy atom. The maximum absolute atomic E-state index is 9.52. The summed E-state index contributed by atoms with van der Waals surface area (Å²) in [7, 11) is 3.10. The molecule has 0 radical (unpaired) electrons. The van der Waals surface area contributed by atoms with Gasteiger partial charge < -0.3 is 14.6 Å². The van der Waals surface area contributed by atoms with Gasteiger partial charge >= 0.3 is 0 Å². The Labute approximate surface area is 120 Å². The largest absolute Gasteiger partial charge is 0.493 e. The zero-order valence-corrected chi connectivity index (χ0v) is 12.4. The van der Waals surface area contributed by atoms with Gasteiger partial charge in [0.2, 0.25) is 0 Å². The van der Waals surface area contributed by atoms with Crippen molar-refractivity contribution in [3.8, 4) is 22.1 Å². The Balaban J connectivity index is 2.47. The molecule has 1 heterocycles. The first-order valence-electron chi connectivity index (χ1n) is 5.62. The monoisotopic (exact) mass is 299 g/mol. The van der Waals surface area contributed by atoms with Crippen molar-refractivity contribution < 1.29 is 14.6 Å². The van der Waals surface area contributed by atoms with Crippen LogP contribution >= 0.6 is 22.9 Å². The molecule has 2 rings (SSSR count). The van der Waals surface area contributed by atoms with Crippen molar-refractivity contribution in [2.75, 3.05) is 14.2 Å². The van der Waals surface area contributed by atoms with Crippen molar-refractivity contribution in [1.29, 1.82) is 0 Å². The number of thiazole rings is 1. The van der Waals surface area contributed by atoms with Crippen molar-refractivity contribution in [3.63, 3.8) is 0 Å². The van der Waals surface area contributed by atoms with Gasteiger partial charge in [-0.25, -0.2) is 4.98 Å². The van der Waals surface area contributed by atoms with Gasteiger partial charge in [0.15, 0.2) is 11.5 Å². The molecule has 0 saturated heterocycles. The summed E-state index contributed by atoms with van der Waals surface area (Å²) in [6.07, 6.45) is 1.14. The summed E-state index contributed by atoms with van der Waals surface area (Å²) in [6.45, 7) is 1.71. The third kappa shape index (κ3) is 2.83. The number of hydrogen-bond acceptors (Lipinski definition) is 5. The van der Waals surface area contributed by atoms with E-state index in [0.717, 1.165) is 15.4 Å². The molecule has 0 saturated carbocycles. The van der Waals surface area contributed by atoms with Crippen LogP contribution in [-0.2, 0) is 0 Å². The minimum atomic E-state index is -0.526. The van der Waals surface area contributed by atoms with Gasteiger partial charge in [-0.3, -0.25) is 0 Å². The number of benzene rings is 1. The summed E-state index contributed by atoms with van der Waals surface area (Å²) < 4.78 is 10.4. The highest BCUT2D eigenvalue weighted by atomic mass is 35.5. The molecule has 0 bridgehead atoms. The van der Waals surface area contributed by atoms with E-state index in [1.807, 2.05) is 6.07 Å². The maximum Gasteiger partial charge on any atom is 0.179 e. The average molecular weight is 300 g/mol. The Morgan fingerprint density at radius 3 is 2.58 bits per heavy atom. The van der Waals surface area contributed by atoms with Crippen LogP contribution in [0.25, 0.3) is 10.6 Å². The molecular weight excluding hydrogens is 286 g/mol. The van der Waals surface area contributed by atoms with Crippen LogP contribution in [-0.4, -0.2) is 24.3 Å². The third-order valence-corrected chi connectivity index (χ3v) is 4.11. The van der Waals surface area contributed by atoms with Gasteiger partial charge in [0.25, 0.3) is 0 Å². The Bertz CT molecular complexity index is 583. The van der Waals surface area contributed by atoms with Gasteiger partial charge in [0.1, 0.15) is 5.01 Å². The molecule has 0 aliphatic heterocycles. The van der Waals surface area contributed by atoms with Crippen LogP contribution in [0, 0.1) is 0 Å². The predicted molar refractivity (Wildman–Crippen MR) is 76.3 cm³/mol. The number of nitrogens with zero attached hydrogens (tertiary/aromatic N) is 1. The zero-order valence-electron chi connectivity index (χ0n) is 10.8. The fraction of sp³-hybridized carbons (Fsp3) is 0.308. The quantitative estimate of drug-likeness (QED) is 0.938. The van der Waals surface area contributed by atoms with E-state index in [0.29, 0.717) is 16.5 Å². The first-order chi connectivity index (χ1) is 9.06. The summed E-state index contributed by atoms with van der Waals surface area (Å²) >= 11 is 7.57. The van der Waals surface area contributed by atoms with E-state index in [2.05, 4.69) is 4.98 Å². The number of halogens is 1. The first kappa shape index (κ1) is 14.1. The molecule has 0 amide bonds. The molecular formula is C13H14ClNO3S. The zero-order chi connectivity index (χ0) is 14.0. The lowest BCUT2D eigenvalue weighted by Gasteiger charge is -2.10. The lowest BCUT2D eigenvalue weighted by molar-refractivity contribution is 0.203. The molecule has 1 aromatic heterocycles. The molecule has 1 N–H and O–H groups in total. The Hall–Kier alpha value is -1.30. The van der Waals surface area contributed by atoms with Crippen LogP contribution in [0.1, 0.15) is 17.9 Å². The molecule has 2 aromatic rings. The van der Waals surface area contributed by atoms with E-state index in [-0.39, 0.29) is 0 Å². The second-order valence-electron chi connectivity index (χ2n) is 3.94. The van der Waals surface area contributed by atoms with Crippen LogP contribution in [0.5, 0.6) is 11.5 Å². The fourth-order valence-electron chi connectivity index (χ4n) is 1.65. The van der Waals surface area contributed by atoms with E-state index < -0.39 is 6.10 Å². The van der Waals surface area contributed by atoms with Crippen molar-refractivity contribution in [2.24, 2.45) is 0 Å². The van der Waals surface area contributed by atoms with Crippen molar-refractivity contribution in [1.82, 2.24) is 4.98 Å². The smallest absolute Gasteiger partial charge is 0.179 e. The minimum Gasteiger partial charge on any atom is -0.493 e. The van der Waals surface area contributed by atoms with Gasteiger partial charge in [0.05, 0.1) is 30.2 Å². The molecule has 19 heavy (non-hydrogen) atoms. The summed E-state index contributed by atoms with van der Waals surface area (Å²) in [5.74, 6) is 1.05. The lowest BCUT2D eigenvalue weighted by atomic mass is 10.2. The molecule has 0 spiro atoms. The van der Waals surface area contributed by atoms with Gasteiger partial charge in [0, 0.05) is 11.8 Å². The normalized spacial score (nSPS) is 12.3. The molecule has 0 aliphatic carbocycles. The highest BCUT2D eigenvalue weighted by Gasteiger charge is 2.15. The fourth-order valence-corrected chi connectivity index (χ4v) is 2.78. The minimum absolute atomic E-state index is 0.464. The van der Waals surface area contributed by atoms with Crippen molar-refractivity contribution >= 4 is 22.9 Å². The van der Waals surface area contributed by atoms with E-state index in [9.17, 15) is 5.11 Å². The van der Waals surface area contributed by atoms with E-state index in [4.69, 9.17) is 21.1 Å². The Kier molecular flexibility index (Phi) is 4.29. The number of aliphatic hydroxyl groups excluding tert-OH is 1. The van der Waals surface area contributed by atoms with E-state index in [1.54, 1.807) is 33.4 Å². The van der Waals surface area contributed by atoms with Crippen molar-refractivity contribution in [3.05, 3.63) is 28.2 Å². The second-order valence-corrected chi connectivity index (χ2v) is 5.41. The molecule has 4 nitrogen and oxygen atoms in total. The number of aliphatic hydroxyl groups is 1.